The van der Waals surface area contributed by atoms with E-state index in [-0.39, 0.29) is 17.9 Å². The molecule has 294 valence electrons. The number of carbonyl (C=O) groups excluding carboxylic acids is 2. The molecule has 2 aromatic carbocycles. The fourth-order valence-electron chi connectivity index (χ4n) is 12.5. The van der Waals surface area contributed by atoms with Crippen molar-refractivity contribution in [1.29, 1.82) is 0 Å². The zero-order valence-electron chi connectivity index (χ0n) is 32.1. The minimum absolute atomic E-state index is 0.00879. The zero-order valence-corrected chi connectivity index (χ0v) is 32.8. The number of amides is 2. The molecule has 4 aromatic rings. The predicted molar refractivity (Wildman–Crippen MR) is 216 cm³/mol. The molecule has 1 atom stereocenters. The second-order valence-electron chi connectivity index (χ2n) is 18.1. The lowest BCUT2D eigenvalue weighted by Crippen LogP contribution is -2.55. The second-order valence-corrected chi connectivity index (χ2v) is 18.5. The first-order chi connectivity index (χ1) is 27.4. The van der Waals surface area contributed by atoms with Gasteiger partial charge in [-0.15, -0.1) is 0 Å². The van der Waals surface area contributed by atoms with Crippen LogP contribution in [0.5, 0.6) is 0 Å². The molecule has 56 heavy (non-hydrogen) atoms. The van der Waals surface area contributed by atoms with E-state index in [0.717, 1.165) is 60.3 Å². The summed E-state index contributed by atoms with van der Waals surface area (Å²) in [5.74, 6) is 6.94. The number of nitrogens with zero attached hydrogens (tertiary/aromatic N) is 4. The van der Waals surface area contributed by atoms with Crippen LogP contribution in [0, 0.1) is 47.3 Å². The molecule has 13 rings (SSSR count). The van der Waals surface area contributed by atoms with E-state index in [1.165, 1.54) is 64.2 Å². The summed E-state index contributed by atoms with van der Waals surface area (Å²) in [6.07, 6.45) is 18.8. The Morgan fingerprint density at radius 2 is 1.11 bits per heavy atom. The lowest BCUT2D eigenvalue weighted by molar-refractivity contribution is -0.0119. The third kappa shape index (κ3) is 7.06. The molecule has 0 spiro atoms. The second kappa shape index (κ2) is 15.3. The number of hydrogen-bond donors (Lipinski definition) is 3. The number of hydrogen-bond acceptors (Lipinski definition) is 6. The van der Waals surface area contributed by atoms with Crippen molar-refractivity contribution < 1.29 is 14.3 Å². The number of halogens is 1. The lowest BCUT2D eigenvalue weighted by atomic mass is 9.54. The Hall–Kier alpha value is -4.15. The first-order valence-corrected chi connectivity index (χ1v) is 21.7. The van der Waals surface area contributed by atoms with Crippen LogP contribution in [0.3, 0.4) is 0 Å². The van der Waals surface area contributed by atoms with E-state index in [0.29, 0.717) is 58.6 Å². The topological polar surface area (TPSA) is 115 Å². The molecule has 8 saturated carbocycles. The molecule has 0 radical (unpaired) electrons. The number of rotatable bonds is 9. The van der Waals surface area contributed by atoms with E-state index in [2.05, 4.69) is 26.1 Å². The monoisotopic (exact) mass is 775 g/mol. The number of nitrogens with one attached hydrogen (secondary N) is 3. The first-order valence-electron chi connectivity index (χ1n) is 21.3. The average Bonchev–Trinajstić information content (AvgIpc) is 3.98. The molecule has 3 N–H and O–H groups in total. The van der Waals surface area contributed by atoms with Gasteiger partial charge in [0.25, 0.3) is 11.8 Å². The number of ether oxygens (including phenoxy) is 1. The molecule has 9 fully saturated rings. The maximum atomic E-state index is 13.5. The van der Waals surface area contributed by atoms with Gasteiger partial charge in [-0.05, 0) is 149 Å². The summed E-state index contributed by atoms with van der Waals surface area (Å²) in [6.45, 7) is 1.51. The minimum atomic E-state index is -0.0790. The van der Waals surface area contributed by atoms with Crippen molar-refractivity contribution in [3.8, 4) is 11.4 Å². The summed E-state index contributed by atoms with van der Waals surface area (Å²) in [6, 6.07) is 20.3. The molecule has 10 nitrogen and oxygen atoms in total. The van der Waals surface area contributed by atoms with Gasteiger partial charge in [-0.3, -0.25) is 9.59 Å². The van der Waals surface area contributed by atoms with Gasteiger partial charge in [-0.1, -0.05) is 48.0 Å². The number of benzene rings is 2. The lowest BCUT2D eigenvalue weighted by Gasteiger charge is -2.54. The Bertz CT molecular complexity index is 1970. The van der Waals surface area contributed by atoms with Crippen LogP contribution in [0.2, 0.25) is 5.15 Å². The molecular weight excluding hydrogens is 722 g/mol. The Balaban J connectivity index is 0.000000140. The Morgan fingerprint density at radius 3 is 1.61 bits per heavy atom. The average molecular weight is 776 g/mol. The largest absolute Gasteiger partial charge is 0.376 e. The van der Waals surface area contributed by atoms with Gasteiger partial charge in [0.1, 0.15) is 16.5 Å². The number of aromatic nitrogens is 4. The van der Waals surface area contributed by atoms with Crippen LogP contribution in [0.4, 0.5) is 5.82 Å². The van der Waals surface area contributed by atoms with E-state index in [9.17, 15) is 9.59 Å². The molecule has 1 unspecified atom stereocenters. The minimum Gasteiger partial charge on any atom is -0.376 e. The summed E-state index contributed by atoms with van der Waals surface area (Å²) >= 11 is 6.46. The summed E-state index contributed by atoms with van der Waals surface area (Å²) in [5.41, 5.74) is 2.92. The van der Waals surface area contributed by atoms with Crippen molar-refractivity contribution in [1.82, 2.24) is 30.2 Å². The zero-order chi connectivity index (χ0) is 37.8. The van der Waals surface area contributed by atoms with E-state index in [1.54, 1.807) is 17.1 Å². The van der Waals surface area contributed by atoms with Crippen LogP contribution in [0.15, 0.2) is 73.1 Å². The van der Waals surface area contributed by atoms with E-state index >= 15 is 0 Å². The third-order valence-electron chi connectivity index (χ3n) is 14.5. The van der Waals surface area contributed by atoms with Crippen LogP contribution < -0.4 is 16.0 Å². The van der Waals surface area contributed by atoms with Crippen molar-refractivity contribution in [3.63, 3.8) is 0 Å². The summed E-state index contributed by atoms with van der Waals surface area (Å²) in [4.78, 5) is 26.3. The van der Waals surface area contributed by atoms with Crippen LogP contribution in [0.1, 0.15) is 97.8 Å². The van der Waals surface area contributed by atoms with Crippen LogP contribution in [-0.4, -0.2) is 62.7 Å². The number of anilines is 1. The van der Waals surface area contributed by atoms with Crippen LogP contribution >= 0.6 is 11.6 Å². The number of para-hydroxylation sites is 2. The molecule has 1 aliphatic heterocycles. The van der Waals surface area contributed by atoms with E-state index in [1.807, 2.05) is 65.3 Å². The van der Waals surface area contributed by atoms with Crippen molar-refractivity contribution in [2.24, 2.45) is 47.3 Å². The van der Waals surface area contributed by atoms with E-state index in [4.69, 9.17) is 16.3 Å². The molecule has 8 aliphatic carbocycles. The van der Waals surface area contributed by atoms with Crippen LogP contribution in [-0.2, 0) is 4.74 Å². The van der Waals surface area contributed by atoms with Gasteiger partial charge in [-0.25, -0.2) is 9.36 Å². The van der Waals surface area contributed by atoms with Crippen molar-refractivity contribution in [2.75, 3.05) is 18.5 Å². The van der Waals surface area contributed by atoms with Gasteiger partial charge < -0.3 is 20.7 Å². The molecule has 1 saturated heterocycles. The predicted octanol–water partition coefficient (Wildman–Crippen LogP) is 8.10. The highest BCUT2D eigenvalue weighted by molar-refractivity contribution is 6.33. The molecule has 8 bridgehead atoms. The van der Waals surface area contributed by atoms with Gasteiger partial charge in [0, 0.05) is 25.2 Å². The van der Waals surface area contributed by atoms with Crippen molar-refractivity contribution in [2.45, 2.75) is 95.2 Å². The highest BCUT2D eigenvalue weighted by Crippen LogP contribution is 2.55. The molecule has 3 heterocycles. The van der Waals surface area contributed by atoms with Gasteiger partial charge in [0.15, 0.2) is 0 Å². The summed E-state index contributed by atoms with van der Waals surface area (Å²) in [5, 5.41) is 19.5. The van der Waals surface area contributed by atoms with Crippen molar-refractivity contribution in [3.05, 3.63) is 89.3 Å². The number of carbonyl (C=O) groups is 2. The standard InChI is InChI=1S/C25H32N4O2.C20H22ClN3O/c30-25(28-23-18-10-16-9-17(12-18)13-19(23)11-16)22-15-27-29(20-5-2-1-3-6-20)24(22)26-14-21-7-4-8-31-21;21-19-17(11-22-24(19)16-4-2-1-3-5-16)20(25)23-18-14-7-12-6-13(9-14)10-15(18)8-12/h1-3,5-6,15-19,21,23,26H,4,7-14H2,(H,28,30);1-5,11-15,18H,6-10H2,(H,23,25). The smallest absolute Gasteiger partial charge is 0.256 e. The molecule has 11 heteroatoms. The maximum Gasteiger partial charge on any atom is 0.256 e. The Morgan fingerprint density at radius 1 is 0.643 bits per heavy atom. The van der Waals surface area contributed by atoms with Gasteiger partial charge in [0.05, 0.1) is 35.4 Å². The fraction of sp³-hybridized carbons (Fsp3) is 0.556. The SMILES string of the molecule is O=C(NC1C2CC3CC(C2)CC1C3)c1cnn(-c2ccccc2)c1Cl.O=C(NC1C2CC3CC(C2)CC1C3)c1cnn(-c2ccccc2)c1NCC1CCCO1. The van der Waals surface area contributed by atoms with E-state index < -0.39 is 0 Å². The van der Waals surface area contributed by atoms with Crippen LogP contribution in [0.25, 0.3) is 11.4 Å². The Labute approximate surface area is 334 Å². The highest BCUT2D eigenvalue weighted by Gasteiger charge is 2.50. The highest BCUT2D eigenvalue weighted by atomic mass is 35.5. The maximum absolute atomic E-state index is 13.5. The fourth-order valence-corrected chi connectivity index (χ4v) is 12.8. The first kappa shape index (κ1) is 36.2. The summed E-state index contributed by atoms with van der Waals surface area (Å²) < 4.78 is 9.26. The summed E-state index contributed by atoms with van der Waals surface area (Å²) in [7, 11) is 0. The van der Waals surface area contributed by atoms with Gasteiger partial charge >= 0.3 is 0 Å². The molecule has 9 aliphatic rings. The quantitative estimate of drug-likeness (QED) is 0.158. The molecular formula is C45H54ClN7O3. The molecule has 2 amide bonds. The van der Waals surface area contributed by atoms with Gasteiger partial charge in [-0.2, -0.15) is 10.2 Å². The Kier molecular flexibility index (Phi) is 9.90. The van der Waals surface area contributed by atoms with Gasteiger partial charge in [0.2, 0.25) is 0 Å². The molecule has 2 aromatic heterocycles. The normalized spacial score (nSPS) is 33.2. The third-order valence-corrected chi connectivity index (χ3v) is 14.9. The van der Waals surface area contributed by atoms with Crippen molar-refractivity contribution >= 4 is 29.2 Å².